The van der Waals surface area contributed by atoms with Gasteiger partial charge in [-0.15, -0.1) is 0 Å². The van der Waals surface area contributed by atoms with Crippen LogP contribution in [0.1, 0.15) is 16.8 Å². The van der Waals surface area contributed by atoms with Crippen molar-refractivity contribution in [2.24, 2.45) is 4.99 Å². The number of phenolic OH excluding ortho intramolecular Hbond substituents is 2. The van der Waals surface area contributed by atoms with Crippen LogP contribution in [0.2, 0.25) is 0 Å². The van der Waals surface area contributed by atoms with Crippen molar-refractivity contribution in [2.75, 3.05) is 20.8 Å². The lowest BCUT2D eigenvalue weighted by molar-refractivity contribution is -0.114. The van der Waals surface area contributed by atoms with Crippen LogP contribution in [0.4, 0.5) is 0 Å². The number of carbonyl (C=O) groups excluding carboxylic acids is 1. The van der Waals surface area contributed by atoms with E-state index < -0.39 is 0 Å². The molecule has 0 radical (unpaired) electrons. The van der Waals surface area contributed by atoms with Crippen LogP contribution in [-0.4, -0.2) is 41.7 Å². The van der Waals surface area contributed by atoms with Gasteiger partial charge in [0.25, 0.3) is 0 Å². The van der Waals surface area contributed by atoms with Gasteiger partial charge >= 0.3 is 0 Å². The number of carbonyl (C=O) groups is 1. The Morgan fingerprint density at radius 3 is 2.39 bits per heavy atom. The second-order valence-electron chi connectivity index (χ2n) is 8.41. The van der Waals surface area contributed by atoms with Crippen molar-refractivity contribution >= 4 is 23.2 Å². The van der Waals surface area contributed by atoms with E-state index in [0.717, 1.165) is 22.4 Å². The van der Waals surface area contributed by atoms with E-state index in [4.69, 9.17) is 14.5 Å². The van der Waals surface area contributed by atoms with Crippen LogP contribution < -0.4 is 14.3 Å². The predicted octanol–water partition coefficient (Wildman–Crippen LogP) is 5.21. The fraction of sp³-hybridized carbons (Fsp3) is 0.167. The number of phenols is 2. The van der Waals surface area contributed by atoms with Gasteiger partial charge in [0.05, 0.1) is 26.3 Å². The van der Waals surface area contributed by atoms with Crippen molar-refractivity contribution in [1.29, 1.82) is 0 Å². The molecule has 2 N–H and O–H groups in total. The molecule has 0 spiro atoms. The summed E-state index contributed by atoms with van der Waals surface area (Å²) < 4.78 is 10.4. The summed E-state index contributed by atoms with van der Waals surface area (Å²) in [5, 5.41) is 19.8. The largest absolute Gasteiger partial charge is 0.504 e. The summed E-state index contributed by atoms with van der Waals surface area (Å²) in [6.07, 6.45) is 4.02. The Hall–Kier alpha value is -4.43. The molecule has 0 fully saturated rings. The minimum Gasteiger partial charge on any atom is -0.504 e. The van der Waals surface area contributed by atoms with Crippen LogP contribution in [0.25, 0.3) is 16.5 Å². The van der Waals surface area contributed by atoms with Crippen molar-refractivity contribution in [3.63, 3.8) is 0 Å². The zero-order valence-corrected chi connectivity index (χ0v) is 21.9. The van der Waals surface area contributed by atoms with Gasteiger partial charge in [-0.2, -0.15) is 0 Å². The molecule has 1 heterocycles. The first-order chi connectivity index (χ1) is 18.4. The van der Waals surface area contributed by atoms with Crippen molar-refractivity contribution < 1.29 is 24.5 Å². The number of aromatic nitrogens is 1. The second kappa shape index (κ2) is 12.7. The summed E-state index contributed by atoms with van der Waals surface area (Å²) in [5.74, 6) is 0.646. The minimum absolute atomic E-state index is 0.0349. The third-order valence-electron chi connectivity index (χ3n) is 5.71. The fourth-order valence-electron chi connectivity index (χ4n) is 3.74. The van der Waals surface area contributed by atoms with Gasteiger partial charge < -0.3 is 19.7 Å². The molecule has 0 saturated carbocycles. The zero-order chi connectivity index (χ0) is 26.9. The molecule has 0 saturated heterocycles. The number of ether oxygens (including phenoxy) is 2. The summed E-state index contributed by atoms with van der Waals surface area (Å²) >= 11 is 1.41. The average molecular weight is 529 g/mol. The Labute approximate surface area is 225 Å². The van der Waals surface area contributed by atoms with Crippen molar-refractivity contribution in [1.82, 2.24) is 4.98 Å². The monoisotopic (exact) mass is 528 g/mol. The molecule has 0 aliphatic rings. The van der Waals surface area contributed by atoms with Gasteiger partial charge in [-0.05, 0) is 65.6 Å². The topological polar surface area (TPSA) is 101 Å². The Bertz CT molecular complexity index is 1510. The van der Waals surface area contributed by atoms with Crippen LogP contribution >= 0.6 is 11.3 Å². The molecule has 0 bridgehead atoms. The number of aromatic hydroxyl groups is 2. The number of rotatable bonds is 10. The maximum absolute atomic E-state index is 12.8. The number of benzene rings is 3. The van der Waals surface area contributed by atoms with Crippen molar-refractivity contribution in [2.45, 2.75) is 12.8 Å². The molecule has 0 amide bonds. The van der Waals surface area contributed by atoms with Crippen LogP contribution in [0, 0.1) is 0 Å². The summed E-state index contributed by atoms with van der Waals surface area (Å²) in [6.45, 7) is 0.561. The van der Waals surface area contributed by atoms with Crippen LogP contribution in [0.15, 0.2) is 83.9 Å². The highest BCUT2D eigenvalue weighted by atomic mass is 32.1. The number of allylic oxidation sites excluding steroid dienone is 1. The number of hydrogen-bond donors (Lipinski definition) is 2. The molecule has 0 aliphatic heterocycles. The Morgan fingerprint density at radius 1 is 0.947 bits per heavy atom. The highest BCUT2D eigenvalue weighted by Gasteiger charge is 2.10. The first-order valence-electron chi connectivity index (χ1n) is 12.0. The molecular weight excluding hydrogens is 500 g/mol. The van der Waals surface area contributed by atoms with E-state index in [1.165, 1.54) is 43.3 Å². The summed E-state index contributed by atoms with van der Waals surface area (Å²) in [5.41, 5.74) is 3.32. The van der Waals surface area contributed by atoms with Gasteiger partial charge in [0.15, 0.2) is 28.8 Å². The molecule has 38 heavy (non-hydrogen) atoms. The molecular formula is C30H28N2O5S. The quantitative estimate of drug-likeness (QED) is 0.274. The molecule has 0 unspecified atom stereocenters. The van der Waals surface area contributed by atoms with Crippen LogP contribution in [0.3, 0.4) is 0 Å². The van der Waals surface area contributed by atoms with Gasteiger partial charge in [-0.25, -0.2) is 4.98 Å². The first kappa shape index (κ1) is 26.6. The first-order valence-corrected chi connectivity index (χ1v) is 12.8. The normalized spacial score (nSPS) is 11.6. The standard InChI is InChI=1S/C30H28N2O5S/c1-36-27-16-21(9-12-25(27)34)8-11-24(33)18-23-19-29(22-10-13-26(35)28(17-22)37-2)38-30(32-23)31-15-14-20-6-4-3-5-7-20/h3-13,16-17,19,34-35H,14-15,18H2,1-2H3/b11-8+,31-30?. The molecule has 0 aliphatic carbocycles. The molecule has 0 atom stereocenters. The highest BCUT2D eigenvalue weighted by molar-refractivity contribution is 7.12. The molecule has 3 aromatic carbocycles. The van der Waals surface area contributed by atoms with E-state index in [9.17, 15) is 15.0 Å². The van der Waals surface area contributed by atoms with Crippen molar-refractivity contribution in [3.8, 4) is 33.4 Å². The molecule has 1 aromatic heterocycles. The third-order valence-corrected chi connectivity index (χ3v) is 6.69. The van der Waals surface area contributed by atoms with Crippen molar-refractivity contribution in [3.05, 3.63) is 100 Å². The third kappa shape index (κ3) is 7.08. The van der Waals surface area contributed by atoms with E-state index in [-0.39, 0.29) is 23.7 Å². The predicted molar refractivity (Wildman–Crippen MR) is 149 cm³/mol. The lowest BCUT2D eigenvalue weighted by atomic mass is 10.1. The molecule has 194 valence electrons. The SMILES string of the molecule is COc1cc(/C=C/C(=O)Cc2cc(-c3ccc(O)c(OC)c3)sc(=NCCc3ccccc3)n2)ccc1O. The molecule has 4 aromatic rings. The maximum Gasteiger partial charge on any atom is 0.205 e. The highest BCUT2D eigenvalue weighted by Crippen LogP contribution is 2.32. The molecule has 8 heteroatoms. The van der Waals surface area contributed by atoms with E-state index in [0.29, 0.717) is 28.5 Å². The van der Waals surface area contributed by atoms with Crippen LogP contribution in [-0.2, 0) is 17.6 Å². The minimum atomic E-state index is -0.134. The van der Waals surface area contributed by atoms with E-state index >= 15 is 0 Å². The lowest BCUT2D eigenvalue weighted by Crippen LogP contribution is -2.11. The van der Waals surface area contributed by atoms with Crippen LogP contribution in [0.5, 0.6) is 23.0 Å². The Balaban J connectivity index is 1.61. The smallest absolute Gasteiger partial charge is 0.205 e. The summed E-state index contributed by atoms with van der Waals surface area (Å²) in [4.78, 5) is 23.6. The number of ketones is 1. The summed E-state index contributed by atoms with van der Waals surface area (Å²) in [7, 11) is 2.97. The second-order valence-corrected chi connectivity index (χ2v) is 9.42. The molecule has 4 rings (SSSR count). The number of nitrogens with zero attached hydrogens (tertiary/aromatic N) is 2. The van der Waals surface area contributed by atoms with E-state index in [2.05, 4.69) is 17.1 Å². The number of methoxy groups -OCH3 is 2. The summed E-state index contributed by atoms with van der Waals surface area (Å²) in [6, 6.07) is 22.0. The Kier molecular flexibility index (Phi) is 8.89. The van der Waals surface area contributed by atoms with Gasteiger partial charge in [-0.3, -0.25) is 9.79 Å². The van der Waals surface area contributed by atoms with Gasteiger partial charge in [0.2, 0.25) is 4.80 Å². The maximum atomic E-state index is 12.8. The lowest BCUT2D eigenvalue weighted by Gasteiger charge is -2.08. The van der Waals surface area contributed by atoms with E-state index in [1.807, 2.05) is 24.3 Å². The average Bonchev–Trinajstić information content (AvgIpc) is 2.93. The van der Waals surface area contributed by atoms with E-state index in [1.54, 1.807) is 36.4 Å². The van der Waals surface area contributed by atoms with Gasteiger partial charge in [-0.1, -0.05) is 53.8 Å². The fourth-order valence-corrected chi connectivity index (χ4v) is 4.69. The Morgan fingerprint density at radius 2 is 1.66 bits per heavy atom. The van der Waals surface area contributed by atoms with Gasteiger partial charge in [0.1, 0.15) is 0 Å². The molecule has 7 nitrogen and oxygen atoms in total. The zero-order valence-electron chi connectivity index (χ0n) is 21.1. The van der Waals surface area contributed by atoms with Gasteiger partial charge in [0, 0.05) is 11.4 Å². The number of hydrogen-bond acceptors (Lipinski definition) is 8.